The number of rotatable bonds is 26. The van der Waals surface area contributed by atoms with Gasteiger partial charge in [-0.2, -0.15) is 26.3 Å². The molecule has 1 nitrogen and oxygen atoms in total. The molecule has 0 saturated carbocycles. The van der Waals surface area contributed by atoms with Crippen molar-refractivity contribution in [3.05, 3.63) is 108 Å². The summed E-state index contributed by atoms with van der Waals surface area (Å²) in [6, 6.07) is 35.8. The Hall–Kier alpha value is -2.29. The summed E-state index contributed by atoms with van der Waals surface area (Å²) >= 11 is 0. The van der Waals surface area contributed by atoms with Crippen LogP contribution in [0.25, 0.3) is 0 Å². The van der Waals surface area contributed by atoms with Crippen molar-refractivity contribution in [1.82, 2.24) is 4.44 Å². The van der Waals surface area contributed by atoms with Crippen LogP contribution >= 0.6 is 16.1 Å². The van der Waals surface area contributed by atoms with Gasteiger partial charge in [-0.3, -0.25) is 0 Å². The van der Waals surface area contributed by atoms with E-state index in [1.54, 1.807) is 7.05 Å². The fraction of sp³-hybridized carbons (Fsp3) is 0.529. The summed E-state index contributed by atoms with van der Waals surface area (Å²) in [6.07, 6.45) is 4.42. The van der Waals surface area contributed by atoms with Crippen LogP contribution in [0.3, 0.4) is 0 Å². The number of nitrogens with zero attached hydrogens (tertiary/aromatic N) is 1. The topological polar surface area (TPSA) is 3.24 Å². The molecule has 0 fully saturated rings. The predicted molar refractivity (Wildman–Crippen MR) is 265 cm³/mol. The fourth-order valence-electron chi connectivity index (χ4n) is 9.43. The van der Waals surface area contributed by atoms with Crippen LogP contribution < -0.4 is 31.6 Å². The number of benzene rings is 4. The molecule has 0 bridgehead atoms. The molecule has 0 N–H and O–H groups in total. The summed E-state index contributed by atoms with van der Waals surface area (Å²) in [5.74, 6) is 0. The zero-order chi connectivity index (χ0) is 45.4. The number of unbranched alkanes of at least 4 members (excludes halogenated alkanes) is 6. The largest absolute Gasteiger partial charge is 0.417 e. The average molecular weight is 932 g/mol. The van der Waals surface area contributed by atoms with Gasteiger partial charge in [-0.1, -0.05) is 250 Å². The van der Waals surface area contributed by atoms with Crippen LogP contribution in [-0.2, 0) is 12.4 Å². The fourth-order valence-corrected chi connectivity index (χ4v) is 26.5. The van der Waals surface area contributed by atoms with Crippen molar-refractivity contribution in [3.8, 4) is 0 Å². The van der Waals surface area contributed by atoms with Gasteiger partial charge in [-0.25, -0.2) is 4.44 Å². The highest BCUT2D eigenvalue weighted by Gasteiger charge is 2.43. The van der Waals surface area contributed by atoms with Gasteiger partial charge in [-0.05, 0) is 29.8 Å². The first-order valence-corrected chi connectivity index (χ1v) is 31.4. The molecule has 0 unspecified atom stereocenters. The summed E-state index contributed by atoms with van der Waals surface area (Å²) in [4.78, 5) is 0. The molecular weight excluding hydrogens is 859 g/mol. The average Bonchev–Trinajstić information content (AvgIpc) is 3.26. The lowest BCUT2D eigenvalue weighted by molar-refractivity contribution is -0.137. The van der Waals surface area contributed by atoms with Gasteiger partial charge in [0, 0.05) is 26.8 Å². The molecule has 342 valence electrons. The third-order valence-electron chi connectivity index (χ3n) is 13.0. The SMILES string of the molecule is CCCC[Si](CCCC)(CCCC)c1ccc(P(c2ccc([Si](CCCC)(CCCC)CCCC)cc2)N(C)P(c2ccccc2C(F)(F)F)c2ccccc2C(F)(F)F)cc1. The first-order valence-electron chi connectivity index (χ1n) is 23.5. The summed E-state index contributed by atoms with van der Waals surface area (Å²) in [5.41, 5.74) is -1.79. The van der Waals surface area contributed by atoms with E-state index in [1.807, 2.05) is 4.44 Å². The van der Waals surface area contributed by atoms with E-state index >= 15 is 0 Å². The Morgan fingerprint density at radius 2 is 0.677 bits per heavy atom. The molecule has 0 aromatic heterocycles. The van der Waals surface area contributed by atoms with Crippen LogP contribution in [0, 0.1) is 0 Å². The summed E-state index contributed by atoms with van der Waals surface area (Å²) in [5, 5.41) is 4.49. The lowest BCUT2D eigenvalue weighted by Gasteiger charge is -2.39. The van der Waals surface area contributed by atoms with Gasteiger partial charge < -0.3 is 0 Å². The van der Waals surface area contributed by atoms with E-state index in [2.05, 4.69) is 90.1 Å². The maximum Gasteiger partial charge on any atom is 0.417 e. The molecule has 62 heavy (non-hydrogen) atoms. The second-order valence-corrected chi connectivity index (χ2v) is 31.5. The van der Waals surface area contributed by atoms with Gasteiger partial charge >= 0.3 is 12.4 Å². The Balaban J connectivity index is 2.04. The van der Waals surface area contributed by atoms with E-state index in [1.165, 1.54) is 122 Å². The summed E-state index contributed by atoms with van der Waals surface area (Å²) in [7, 11) is -5.95. The number of hydrogen-bond donors (Lipinski definition) is 0. The van der Waals surface area contributed by atoms with E-state index in [9.17, 15) is 26.3 Å². The van der Waals surface area contributed by atoms with E-state index in [0.717, 1.165) is 61.3 Å². The van der Waals surface area contributed by atoms with Crippen molar-refractivity contribution in [2.45, 2.75) is 167 Å². The number of alkyl halides is 6. The highest BCUT2D eigenvalue weighted by molar-refractivity contribution is 7.84. The Morgan fingerprint density at radius 1 is 0.403 bits per heavy atom. The van der Waals surface area contributed by atoms with E-state index < -0.39 is 55.8 Å². The molecule has 0 atom stereocenters. The van der Waals surface area contributed by atoms with Gasteiger partial charge in [0.1, 0.15) is 0 Å². The third kappa shape index (κ3) is 13.4. The zero-order valence-corrected chi connectivity index (χ0v) is 42.4. The first kappa shape index (κ1) is 52.3. The highest BCUT2D eigenvalue weighted by atomic mass is 31.2. The van der Waals surface area contributed by atoms with Gasteiger partial charge in [0.2, 0.25) is 0 Å². The Labute approximate surface area is 375 Å². The van der Waals surface area contributed by atoms with Crippen LogP contribution in [0.1, 0.15) is 130 Å². The second-order valence-electron chi connectivity index (χ2n) is 17.4. The smallest absolute Gasteiger partial charge is 0.248 e. The van der Waals surface area contributed by atoms with E-state index in [4.69, 9.17) is 0 Å². The molecule has 0 aliphatic rings. The molecule has 0 saturated heterocycles. The molecule has 0 aliphatic carbocycles. The van der Waals surface area contributed by atoms with Gasteiger partial charge in [0.25, 0.3) is 0 Å². The van der Waals surface area contributed by atoms with Gasteiger partial charge in [0.05, 0.1) is 27.3 Å². The number of halogens is 6. The Bertz CT molecular complexity index is 1720. The third-order valence-corrected chi connectivity index (χ3v) is 29.4. The normalized spacial score (nSPS) is 12.9. The van der Waals surface area contributed by atoms with Crippen LogP contribution in [0.2, 0.25) is 36.3 Å². The lowest BCUT2D eigenvalue weighted by atomic mass is 10.2. The summed E-state index contributed by atoms with van der Waals surface area (Å²) < 4.78 is 91.9. The molecular formula is C51H73F6NP2Si2. The maximum atomic E-state index is 15.0. The molecule has 11 heteroatoms. The van der Waals surface area contributed by atoms with Gasteiger partial charge in [0.15, 0.2) is 0 Å². The minimum absolute atomic E-state index is 0.120. The molecule has 4 aromatic carbocycles. The van der Waals surface area contributed by atoms with Crippen LogP contribution in [0.15, 0.2) is 97.1 Å². The first-order chi connectivity index (χ1) is 29.7. The summed E-state index contributed by atoms with van der Waals surface area (Å²) in [6.45, 7) is 13.5. The van der Waals surface area contributed by atoms with Crippen LogP contribution in [0.5, 0.6) is 0 Å². The van der Waals surface area contributed by atoms with E-state index in [0.29, 0.717) is 0 Å². The molecule has 0 radical (unpaired) electrons. The molecule has 0 amide bonds. The molecule has 4 aromatic rings. The standard InChI is InChI=1S/C51H73F6NP2Si2/c1-8-14-36-61(37-15-9-2,38-16-10-3)44-32-28-42(29-33-44)59(43-30-34-45(35-31-43)62(39-17-11-4,40-18-12-5)41-19-13-6)58(7)60(48-26-22-20-24-46(48)50(52,53)54)49-27-23-21-25-47(49)51(55,56)57/h20-35H,8-19,36-41H2,1-7H3. The van der Waals surface area contributed by atoms with Crippen molar-refractivity contribution in [1.29, 1.82) is 0 Å². The van der Waals surface area contributed by atoms with Crippen molar-refractivity contribution < 1.29 is 26.3 Å². The molecule has 0 aliphatic heterocycles. The quantitative estimate of drug-likeness (QED) is 0.0345. The molecule has 4 rings (SSSR count). The minimum atomic E-state index is -4.76. The Kier molecular flexibility index (Phi) is 21.0. The monoisotopic (exact) mass is 931 g/mol. The Morgan fingerprint density at radius 3 is 0.935 bits per heavy atom. The van der Waals surface area contributed by atoms with E-state index in [-0.39, 0.29) is 10.6 Å². The van der Waals surface area contributed by atoms with Crippen molar-refractivity contribution in [3.63, 3.8) is 0 Å². The number of hydrogen-bond acceptors (Lipinski definition) is 1. The van der Waals surface area contributed by atoms with Crippen LogP contribution in [-0.4, -0.2) is 27.6 Å². The second kappa shape index (κ2) is 24.8. The molecule has 0 heterocycles. The van der Waals surface area contributed by atoms with Gasteiger partial charge in [-0.15, -0.1) is 0 Å². The predicted octanol–water partition coefficient (Wildman–Crippen LogP) is 15.2. The minimum Gasteiger partial charge on any atom is -0.248 e. The molecule has 0 spiro atoms. The highest BCUT2D eigenvalue weighted by Crippen LogP contribution is 2.55. The van der Waals surface area contributed by atoms with Crippen LogP contribution in [0.4, 0.5) is 26.3 Å². The van der Waals surface area contributed by atoms with Crippen molar-refractivity contribution in [2.24, 2.45) is 0 Å². The zero-order valence-electron chi connectivity index (χ0n) is 38.6. The van der Waals surface area contributed by atoms with Crippen molar-refractivity contribution >= 4 is 63.9 Å². The maximum absolute atomic E-state index is 15.0. The van der Waals surface area contributed by atoms with Crippen molar-refractivity contribution in [2.75, 3.05) is 7.05 Å². The lowest BCUT2D eigenvalue weighted by Crippen LogP contribution is -2.48.